The summed E-state index contributed by atoms with van der Waals surface area (Å²) in [7, 11) is 0. The van der Waals surface area contributed by atoms with Crippen molar-refractivity contribution < 1.29 is 9.53 Å². The summed E-state index contributed by atoms with van der Waals surface area (Å²) in [4.78, 5) is 12.5. The molecule has 1 aromatic carbocycles. The summed E-state index contributed by atoms with van der Waals surface area (Å²) in [5.74, 6) is 0.637. The predicted octanol–water partition coefficient (Wildman–Crippen LogP) is 2.75. The lowest BCUT2D eigenvalue weighted by Crippen LogP contribution is -2.29. The minimum absolute atomic E-state index is 0.0536. The highest BCUT2D eigenvalue weighted by Gasteiger charge is 2.39. The molecular formula is C17H16N2O2. The molecule has 0 amide bonds. The number of Topliss-reactive ketones (excluding diaryl/α,β-unsaturated/α-hetero) is 1. The van der Waals surface area contributed by atoms with E-state index in [0.717, 1.165) is 5.56 Å². The van der Waals surface area contributed by atoms with Crippen LogP contribution in [0.15, 0.2) is 53.1 Å². The summed E-state index contributed by atoms with van der Waals surface area (Å²) in [6, 6.07) is 11.6. The van der Waals surface area contributed by atoms with E-state index in [1.807, 2.05) is 37.3 Å². The van der Waals surface area contributed by atoms with Gasteiger partial charge in [0.2, 0.25) is 5.88 Å². The number of hydrogen-bond donors (Lipinski definition) is 1. The molecule has 1 aromatic rings. The first kappa shape index (κ1) is 13.4. The Balaban J connectivity index is 2.17. The van der Waals surface area contributed by atoms with Gasteiger partial charge in [0.25, 0.3) is 0 Å². The summed E-state index contributed by atoms with van der Waals surface area (Å²) in [5, 5.41) is 9.42. The number of hydrogen-bond acceptors (Lipinski definition) is 4. The van der Waals surface area contributed by atoms with Crippen LogP contribution in [0, 0.1) is 17.2 Å². The molecule has 0 radical (unpaired) electrons. The maximum absolute atomic E-state index is 12.5. The van der Waals surface area contributed by atoms with Gasteiger partial charge < -0.3 is 10.5 Å². The zero-order chi connectivity index (χ0) is 15.0. The van der Waals surface area contributed by atoms with E-state index in [1.165, 1.54) is 0 Å². The number of ketones is 1. The summed E-state index contributed by atoms with van der Waals surface area (Å²) in [6.45, 7) is 2.02. The van der Waals surface area contributed by atoms with Gasteiger partial charge in [-0.05, 0) is 11.5 Å². The Hall–Kier alpha value is -2.54. The highest BCUT2D eigenvalue weighted by Crippen LogP contribution is 2.44. The van der Waals surface area contributed by atoms with E-state index in [0.29, 0.717) is 29.7 Å². The summed E-state index contributed by atoms with van der Waals surface area (Å²) < 4.78 is 5.58. The number of nitriles is 1. The van der Waals surface area contributed by atoms with Crippen molar-refractivity contribution in [1.82, 2.24) is 0 Å². The zero-order valence-corrected chi connectivity index (χ0v) is 11.8. The number of carbonyl (C=O) groups excluding carboxylic acids is 1. The fraction of sp³-hybridized carbons (Fsp3) is 0.294. The van der Waals surface area contributed by atoms with Crippen LogP contribution in [0.5, 0.6) is 0 Å². The van der Waals surface area contributed by atoms with Crippen molar-refractivity contribution in [2.24, 2.45) is 11.7 Å². The Morgan fingerprint density at radius 1 is 1.29 bits per heavy atom. The standard InChI is InChI=1S/C17H16N2O2/c1-10-7-13(20)16-14(8-10)21-17(19)12(9-18)15(16)11-5-3-2-4-6-11/h2-6,10,15H,7-8,19H2,1H3/t10-,15-/m0/s1. The minimum atomic E-state index is -0.403. The maximum atomic E-state index is 12.5. The monoisotopic (exact) mass is 280 g/mol. The molecular weight excluding hydrogens is 264 g/mol. The fourth-order valence-corrected chi connectivity index (χ4v) is 3.07. The molecule has 21 heavy (non-hydrogen) atoms. The molecule has 4 heteroatoms. The van der Waals surface area contributed by atoms with Crippen LogP contribution in [0.1, 0.15) is 31.2 Å². The highest BCUT2D eigenvalue weighted by molar-refractivity contribution is 5.99. The molecule has 0 unspecified atom stereocenters. The van der Waals surface area contributed by atoms with Crippen LogP contribution in [0.2, 0.25) is 0 Å². The van der Waals surface area contributed by atoms with Gasteiger partial charge in [-0.2, -0.15) is 5.26 Å². The highest BCUT2D eigenvalue weighted by atomic mass is 16.5. The number of allylic oxidation sites excluding steroid dienone is 3. The van der Waals surface area contributed by atoms with Crippen molar-refractivity contribution in [1.29, 1.82) is 5.26 Å². The molecule has 3 rings (SSSR count). The summed E-state index contributed by atoms with van der Waals surface area (Å²) in [5.41, 5.74) is 7.73. The molecule has 0 fully saturated rings. The van der Waals surface area contributed by atoms with Crippen molar-refractivity contribution in [3.05, 3.63) is 58.7 Å². The number of carbonyl (C=O) groups is 1. The third kappa shape index (κ3) is 2.21. The normalized spacial score (nSPS) is 25.2. The van der Waals surface area contributed by atoms with Crippen LogP contribution in [0.25, 0.3) is 0 Å². The molecule has 0 bridgehead atoms. The smallest absolute Gasteiger partial charge is 0.205 e. The molecule has 106 valence electrons. The molecule has 1 heterocycles. The van der Waals surface area contributed by atoms with Gasteiger partial charge in [0, 0.05) is 18.4 Å². The average molecular weight is 280 g/mol. The lowest BCUT2D eigenvalue weighted by molar-refractivity contribution is -0.117. The Bertz CT molecular complexity index is 695. The van der Waals surface area contributed by atoms with E-state index in [2.05, 4.69) is 6.07 Å². The number of nitrogens with zero attached hydrogens (tertiary/aromatic N) is 1. The second-order valence-electron chi connectivity index (χ2n) is 5.61. The summed E-state index contributed by atoms with van der Waals surface area (Å²) >= 11 is 0. The Labute approximate surface area is 123 Å². The van der Waals surface area contributed by atoms with E-state index in [1.54, 1.807) is 0 Å². The second kappa shape index (κ2) is 5.10. The first-order valence-corrected chi connectivity index (χ1v) is 7.00. The molecule has 1 aliphatic heterocycles. The lowest BCUT2D eigenvalue weighted by atomic mass is 9.75. The molecule has 1 aliphatic carbocycles. The first-order valence-electron chi connectivity index (χ1n) is 7.00. The van der Waals surface area contributed by atoms with Crippen LogP contribution in [-0.2, 0) is 9.53 Å². The zero-order valence-electron chi connectivity index (χ0n) is 11.8. The SMILES string of the molecule is C[C@H]1CC(=O)C2=C(C1)OC(N)=C(C#N)[C@@H]2c1ccccc1. The Kier molecular flexibility index (Phi) is 3.26. The molecule has 0 saturated carbocycles. The van der Waals surface area contributed by atoms with Gasteiger partial charge in [-0.25, -0.2) is 0 Å². The maximum Gasteiger partial charge on any atom is 0.205 e. The third-order valence-electron chi connectivity index (χ3n) is 4.00. The van der Waals surface area contributed by atoms with Crippen molar-refractivity contribution >= 4 is 5.78 Å². The van der Waals surface area contributed by atoms with Crippen LogP contribution >= 0.6 is 0 Å². The van der Waals surface area contributed by atoms with Gasteiger partial charge in [-0.1, -0.05) is 37.3 Å². The summed E-state index contributed by atoms with van der Waals surface area (Å²) in [6.07, 6.45) is 1.17. The molecule has 0 spiro atoms. The largest absolute Gasteiger partial charge is 0.444 e. The topological polar surface area (TPSA) is 76.1 Å². The molecule has 2 N–H and O–H groups in total. The number of rotatable bonds is 1. The van der Waals surface area contributed by atoms with Crippen LogP contribution in [-0.4, -0.2) is 5.78 Å². The molecule has 2 atom stereocenters. The van der Waals surface area contributed by atoms with Crippen molar-refractivity contribution in [3.8, 4) is 6.07 Å². The second-order valence-corrected chi connectivity index (χ2v) is 5.61. The molecule has 4 nitrogen and oxygen atoms in total. The minimum Gasteiger partial charge on any atom is -0.444 e. The average Bonchev–Trinajstić information content (AvgIpc) is 2.46. The van der Waals surface area contributed by atoms with Crippen LogP contribution in [0.3, 0.4) is 0 Å². The van der Waals surface area contributed by atoms with Gasteiger partial charge in [0.15, 0.2) is 5.78 Å². The van der Waals surface area contributed by atoms with E-state index in [4.69, 9.17) is 10.5 Å². The number of nitrogens with two attached hydrogens (primary N) is 1. The van der Waals surface area contributed by atoms with Crippen LogP contribution < -0.4 is 5.73 Å². The van der Waals surface area contributed by atoms with Gasteiger partial charge in [-0.15, -0.1) is 0 Å². The number of ether oxygens (including phenoxy) is 1. The fourth-order valence-electron chi connectivity index (χ4n) is 3.07. The Morgan fingerprint density at radius 2 is 2.00 bits per heavy atom. The van der Waals surface area contributed by atoms with Crippen molar-refractivity contribution in [2.45, 2.75) is 25.7 Å². The lowest BCUT2D eigenvalue weighted by Gasteiger charge is -2.32. The molecule has 0 saturated heterocycles. The number of benzene rings is 1. The van der Waals surface area contributed by atoms with E-state index >= 15 is 0 Å². The van der Waals surface area contributed by atoms with Crippen molar-refractivity contribution in [3.63, 3.8) is 0 Å². The third-order valence-corrected chi connectivity index (χ3v) is 4.00. The predicted molar refractivity (Wildman–Crippen MR) is 77.5 cm³/mol. The van der Waals surface area contributed by atoms with E-state index < -0.39 is 5.92 Å². The van der Waals surface area contributed by atoms with Crippen molar-refractivity contribution in [2.75, 3.05) is 0 Å². The van der Waals surface area contributed by atoms with Crippen LogP contribution in [0.4, 0.5) is 0 Å². The van der Waals surface area contributed by atoms with E-state index in [-0.39, 0.29) is 17.6 Å². The quantitative estimate of drug-likeness (QED) is 0.858. The Morgan fingerprint density at radius 3 is 2.67 bits per heavy atom. The first-order chi connectivity index (χ1) is 10.1. The van der Waals surface area contributed by atoms with Gasteiger partial charge in [0.05, 0.1) is 5.92 Å². The van der Waals surface area contributed by atoms with Gasteiger partial charge >= 0.3 is 0 Å². The molecule has 2 aliphatic rings. The van der Waals surface area contributed by atoms with E-state index in [9.17, 15) is 10.1 Å². The van der Waals surface area contributed by atoms with Gasteiger partial charge in [0.1, 0.15) is 17.4 Å². The molecule has 0 aromatic heterocycles. The van der Waals surface area contributed by atoms with Gasteiger partial charge in [-0.3, -0.25) is 4.79 Å².